The largest absolute Gasteiger partial charge is 0.486 e. The van der Waals surface area contributed by atoms with Crippen molar-refractivity contribution in [3.05, 3.63) is 17.9 Å². The van der Waals surface area contributed by atoms with E-state index in [1.807, 2.05) is 0 Å². The molecule has 1 aromatic carbocycles. The predicted octanol–water partition coefficient (Wildman–Crippen LogP) is 2.20. The number of nitrogens with zero attached hydrogens (tertiary/aromatic N) is 1. The molecule has 3 rings (SSSR count). The number of anilines is 1. The molecular formula is C12H14FNO2. The summed E-state index contributed by atoms with van der Waals surface area (Å²) in [5, 5.41) is 0. The van der Waals surface area contributed by atoms with Crippen LogP contribution in [0.25, 0.3) is 0 Å². The summed E-state index contributed by atoms with van der Waals surface area (Å²) in [7, 11) is 0. The lowest BCUT2D eigenvalue weighted by Gasteiger charge is -2.23. The highest BCUT2D eigenvalue weighted by molar-refractivity contribution is 5.58. The number of halogens is 1. The summed E-state index contributed by atoms with van der Waals surface area (Å²) >= 11 is 0. The fourth-order valence-electron chi connectivity index (χ4n) is 2.27. The fraction of sp³-hybridized carbons (Fsp3) is 0.500. The molecule has 0 aromatic heterocycles. The van der Waals surface area contributed by atoms with Crippen LogP contribution in [0.2, 0.25) is 0 Å². The van der Waals surface area contributed by atoms with Crippen LogP contribution in [0.15, 0.2) is 12.1 Å². The van der Waals surface area contributed by atoms with Gasteiger partial charge in [-0.05, 0) is 25.0 Å². The summed E-state index contributed by atoms with van der Waals surface area (Å²) in [5.41, 5.74) is 0.641. The first-order valence-electron chi connectivity index (χ1n) is 5.69. The van der Waals surface area contributed by atoms with Crippen molar-refractivity contribution in [3.63, 3.8) is 0 Å². The van der Waals surface area contributed by atoms with Crippen LogP contribution in [0.4, 0.5) is 10.1 Å². The van der Waals surface area contributed by atoms with Crippen molar-refractivity contribution in [1.82, 2.24) is 0 Å². The van der Waals surface area contributed by atoms with Gasteiger partial charge in [0.15, 0.2) is 17.3 Å². The van der Waals surface area contributed by atoms with Gasteiger partial charge in [0.25, 0.3) is 0 Å². The van der Waals surface area contributed by atoms with Crippen molar-refractivity contribution in [1.29, 1.82) is 0 Å². The summed E-state index contributed by atoms with van der Waals surface area (Å²) in [6.07, 6.45) is 2.27. The number of hydrogen-bond donors (Lipinski definition) is 0. The first-order valence-corrected chi connectivity index (χ1v) is 5.69. The average Bonchev–Trinajstić information content (AvgIpc) is 2.83. The minimum atomic E-state index is -0.279. The summed E-state index contributed by atoms with van der Waals surface area (Å²) in [4.78, 5) is 2.06. The average molecular weight is 223 g/mol. The molecule has 4 heteroatoms. The van der Waals surface area contributed by atoms with E-state index in [4.69, 9.17) is 9.47 Å². The Kier molecular flexibility index (Phi) is 2.35. The lowest BCUT2D eigenvalue weighted by molar-refractivity contribution is 0.164. The third-order valence-corrected chi connectivity index (χ3v) is 3.07. The van der Waals surface area contributed by atoms with Gasteiger partial charge < -0.3 is 14.4 Å². The minimum Gasteiger partial charge on any atom is -0.486 e. The molecule has 1 aromatic rings. The van der Waals surface area contributed by atoms with Crippen LogP contribution in [0.1, 0.15) is 12.8 Å². The Balaban J connectivity index is 1.99. The van der Waals surface area contributed by atoms with Crippen LogP contribution < -0.4 is 14.4 Å². The monoisotopic (exact) mass is 223 g/mol. The van der Waals surface area contributed by atoms with Gasteiger partial charge >= 0.3 is 0 Å². The molecule has 0 amide bonds. The molecule has 16 heavy (non-hydrogen) atoms. The molecule has 1 fully saturated rings. The Morgan fingerprint density at radius 2 is 1.81 bits per heavy atom. The maximum atomic E-state index is 14.2. The Bertz CT molecular complexity index is 402. The maximum Gasteiger partial charge on any atom is 0.199 e. The molecule has 2 heterocycles. The minimum absolute atomic E-state index is 0.274. The summed E-state index contributed by atoms with van der Waals surface area (Å²) in [5.74, 6) is 0.515. The maximum absolute atomic E-state index is 14.2. The van der Waals surface area contributed by atoms with Crippen LogP contribution >= 0.6 is 0 Å². The molecule has 0 unspecified atom stereocenters. The number of ether oxygens (including phenoxy) is 2. The van der Waals surface area contributed by atoms with E-state index in [-0.39, 0.29) is 11.6 Å². The molecule has 86 valence electrons. The number of fused-ring (bicyclic) bond motifs is 1. The van der Waals surface area contributed by atoms with Crippen LogP contribution in [-0.4, -0.2) is 26.3 Å². The van der Waals surface area contributed by atoms with Crippen molar-refractivity contribution >= 4 is 5.69 Å². The van der Waals surface area contributed by atoms with Gasteiger partial charge in [-0.25, -0.2) is 4.39 Å². The molecular weight excluding hydrogens is 209 g/mol. The molecule has 0 spiro atoms. The SMILES string of the molecule is Fc1c(N2CCCC2)ccc2c1OCCO2. The third-order valence-electron chi connectivity index (χ3n) is 3.07. The molecule has 1 saturated heterocycles. The smallest absolute Gasteiger partial charge is 0.199 e. The Morgan fingerprint density at radius 3 is 2.62 bits per heavy atom. The van der Waals surface area contributed by atoms with Crippen LogP contribution in [-0.2, 0) is 0 Å². The van der Waals surface area contributed by atoms with E-state index in [9.17, 15) is 4.39 Å². The van der Waals surface area contributed by atoms with Gasteiger partial charge in [0.2, 0.25) is 0 Å². The van der Waals surface area contributed by atoms with E-state index < -0.39 is 0 Å². The first kappa shape index (κ1) is 9.75. The Morgan fingerprint density at radius 1 is 1.06 bits per heavy atom. The lowest BCUT2D eigenvalue weighted by atomic mass is 10.2. The van der Waals surface area contributed by atoms with Gasteiger partial charge in [-0.15, -0.1) is 0 Å². The van der Waals surface area contributed by atoms with Crippen molar-refractivity contribution in [2.24, 2.45) is 0 Å². The van der Waals surface area contributed by atoms with E-state index in [2.05, 4.69) is 4.90 Å². The Labute approximate surface area is 93.8 Å². The molecule has 0 atom stereocenters. The van der Waals surface area contributed by atoms with Crippen molar-refractivity contribution < 1.29 is 13.9 Å². The second kappa shape index (κ2) is 3.85. The van der Waals surface area contributed by atoms with Crippen LogP contribution in [0, 0.1) is 5.82 Å². The van der Waals surface area contributed by atoms with E-state index in [0.29, 0.717) is 24.7 Å². The van der Waals surface area contributed by atoms with Gasteiger partial charge in [0, 0.05) is 13.1 Å². The third kappa shape index (κ3) is 1.49. The standard InChI is InChI=1S/C12H14FNO2/c13-11-9(14-5-1-2-6-14)3-4-10-12(11)16-8-7-15-10/h3-4H,1-2,5-8H2. The van der Waals surface area contributed by atoms with Gasteiger partial charge in [-0.1, -0.05) is 0 Å². The summed E-state index contributed by atoms with van der Waals surface area (Å²) in [6, 6.07) is 3.58. The summed E-state index contributed by atoms with van der Waals surface area (Å²) in [6.45, 7) is 2.77. The Hall–Kier alpha value is -1.45. The highest BCUT2D eigenvalue weighted by Crippen LogP contribution is 2.38. The van der Waals surface area contributed by atoms with Gasteiger partial charge in [-0.2, -0.15) is 0 Å². The van der Waals surface area contributed by atoms with E-state index in [0.717, 1.165) is 25.9 Å². The van der Waals surface area contributed by atoms with Crippen molar-refractivity contribution in [2.45, 2.75) is 12.8 Å². The number of rotatable bonds is 1. The number of benzene rings is 1. The van der Waals surface area contributed by atoms with Gasteiger partial charge in [0.05, 0.1) is 5.69 Å². The normalized spacial score (nSPS) is 18.9. The van der Waals surface area contributed by atoms with E-state index in [1.165, 1.54) is 0 Å². The van der Waals surface area contributed by atoms with Gasteiger partial charge in [-0.3, -0.25) is 0 Å². The zero-order chi connectivity index (χ0) is 11.0. The van der Waals surface area contributed by atoms with Crippen molar-refractivity contribution in [3.8, 4) is 11.5 Å². The molecule has 0 saturated carbocycles. The summed E-state index contributed by atoms with van der Waals surface area (Å²) < 4.78 is 24.8. The zero-order valence-electron chi connectivity index (χ0n) is 9.04. The topological polar surface area (TPSA) is 21.7 Å². The fourth-order valence-corrected chi connectivity index (χ4v) is 2.27. The molecule has 0 radical (unpaired) electrons. The number of hydrogen-bond acceptors (Lipinski definition) is 3. The zero-order valence-corrected chi connectivity index (χ0v) is 9.04. The molecule has 2 aliphatic heterocycles. The first-order chi connectivity index (χ1) is 7.86. The predicted molar refractivity (Wildman–Crippen MR) is 58.8 cm³/mol. The molecule has 0 N–H and O–H groups in total. The molecule has 0 aliphatic carbocycles. The highest BCUT2D eigenvalue weighted by atomic mass is 19.1. The van der Waals surface area contributed by atoms with Gasteiger partial charge in [0.1, 0.15) is 13.2 Å². The lowest BCUT2D eigenvalue weighted by Crippen LogP contribution is -2.21. The van der Waals surface area contributed by atoms with E-state index in [1.54, 1.807) is 12.1 Å². The van der Waals surface area contributed by atoms with Crippen LogP contribution in [0.5, 0.6) is 11.5 Å². The second-order valence-corrected chi connectivity index (χ2v) is 4.12. The quantitative estimate of drug-likeness (QED) is 0.728. The van der Waals surface area contributed by atoms with E-state index >= 15 is 0 Å². The van der Waals surface area contributed by atoms with Crippen molar-refractivity contribution in [2.75, 3.05) is 31.2 Å². The highest BCUT2D eigenvalue weighted by Gasteiger charge is 2.23. The molecule has 3 nitrogen and oxygen atoms in total. The van der Waals surface area contributed by atoms with Crippen LogP contribution in [0.3, 0.4) is 0 Å². The molecule has 2 aliphatic rings. The molecule has 0 bridgehead atoms. The second-order valence-electron chi connectivity index (χ2n) is 4.12.